The minimum Gasteiger partial charge on any atom is -0.299 e. The van der Waals surface area contributed by atoms with Gasteiger partial charge in [0, 0.05) is 28.7 Å². The van der Waals surface area contributed by atoms with Crippen LogP contribution in [0.3, 0.4) is 0 Å². The number of thioether (sulfide) groups is 4. The van der Waals surface area contributed by atoms with Crippen LogP contribution in [-0.2, 0) is 62.4 Å². The number of carbonyl (C=O) groups excluding carboxylic acids is 1. The molecule has 2 atom stereocenters. The van der Waals surface area contributed by atoms with Crippen molar-refractivity contribution in [2.75, 3.05) is 17.3 Å². The third-order valence-corrected chi connectivity index (χ3v) is 26.5. The minimum atomic E-state index is -4.08. The molecule has 6 aliphatic rings. The van der Waals surface area contributed by atoms with E-state index in [4.69, 9.17) is 17.1 Å². The Morgan fingerprint density at radius 2 is 0.789 bits per heavy atom. The zero-order valence-corrected chi connectivity index (χ0v) is 68.1. The van der Waals surface area contributed by atoms with Crippen LogP contribution in [0.2, 0.25) is 0 Å². The van der Waals surface area contributed by atoms with Crippen molar-refractivity contribution in [2.24, 2.45) is 37.4 Å². The molecule has 2 aliphatic carbocycles. The van der Waals surface area contributed by atoms with Crippen LogP contribution in [0.5, 0.6) is 0 Å². The fraction of sp³-hybridized carbons (Fsp3) is 0.312. The zero-order valence-electron chi connectivity index (χ0n) is 61.6. The molecule has 2 unspecified atom stereocenters. The largest absolute Gasteiger partial charge is 0.358 e. The Balaban J connectivity index is 0.000000184. The van der Waals surface area contributed by atoms with E-state index in [9.17, 15) is 59.5 Å². The van der Waals surface area contributed by atoms with Gasteiger partial charge in [-0.3, -0.25) is 21.9 Å². The number of fused-ring (bicyclic) bond motifs is 2. The molecule has 2 saturated carbocycles. The smallest absolute Gasteiger partial charge is 0.299 e. The summed E-state index contributed by atoms with van der Waals surface area (Å²) in [6, 6.07) is 45.2. The number of oxime groups is 4. The van der Waals surface area contributed by atoms with Gasteiger partial charge >= 0.3 is 40.5 Å². The van der Waals surface area contributed by atoms with E-state index in [0.29, 0.717) is 90.4 Å². The summed E-state index contributed by atoms with van der Waals surface area (Å²) in [5.74, 6) is -0.269. The molecule has 0 amide bonds. The third-order valence-electron chi connectivity index (χ3n) is 18.8. The van der Waals surface area contributed by atoms with Crippen LogP contribution < -0.4 is 0 Å². The number of nitrogens with zero attached hydrogens (tertiary/aromatic N) is 8. The second kappa shape index (κ2) is 38.9. The highest BCUT2D eigenvalue weighted by Gasteiger charge is 2.65. The van der Waals surface area contributed by atoms with Gasteiger partial charge in [-0.1, -0.05) is 242 Å². The van der Waals surface area contributed by atoms with Gasteiger partial charge in [0.2, 0.25) is 0 Å². The number of hydrogen-bond acceptors (Lipinski definition) is 25. The second-order valence-electron chi connectivity index (χ2n) is 26.4. The Kier molecular flexibility index (Phi) is 30.4. The first-order valence-electron chi connectivity index (χ1n) is 34.8. The van der Waals surface area contributed by atoms with E-state index < -0.39 is 45.9 Å². The number of aryl methyl sites for hydroxylation is 5. The van der Waals surface area contributed by atoms with Crippen LogP contribution in [0.1, 0.15) is 142 Å². The Labute approximate surface area is 657 Å². The van der Waals surface area contributed by atoms with E-state index in [1.54, 1.807) is 65.0 Å². The van der Waals surface area contributed by atoms with Crippen molar-refractivity contribution in [3.05, 3.63) is 240 Å². The summed E-state index contributed by atoms with van der Waals surface area (Å²) in [5, 5.41) is 62.3. The molecule has 0 spiro atoms. The van der Waals surface area contributed by atoms with Crippen LogP contribution >= 0.6 is 47.0 Å². The quantitative estimate of drug-likeness (QED) is 0.0315. The lowest BCUT2D eigenvalue weighted by Gasteiger charge is -2.35. The zero-order chi connectivity index (χ0) is 79.2. The highest BCUT2D eigenvalue weighted by Crippen LogP contribution is 2.64. The number of rotatable bonds is 24. The molecule has 21 nitrogen and oxygen atoms in total. The fourth-order valence-corrected chi connectivity index (χ4v) is 19.5. The molecule has 0 N–H and O–H groups in total. The van der Waals surface area contributed by atoms with Crippen molar-refractivity contribution < 1.29 is 55.6 Å². The summed E-state index contributed by atoms with van der Waals surface area (Å²) in [4.78, 5) is 12.7. The van der Waals surface area contributed by atoms with Gasteiger partial charge in [0.15, 0.2) is 0 Å². The van der Waals surface area contributed by atoms with E-state index >= 15 is 0 Å². The summed E-state index contributed by atoms with van der Waals surface area (Å²) in [6.45, 7) is 17.4. The molecule has 109 heavy (non-hydrogen) atoms. The number of benzene rings is 5. The molecule has 29 heteroatoms. The predicted octanol–water partition coefficient (Wildman–Crippen LogP) is 18.3. The first-order valence-corrected chi connectivity index (χ1v) is 44.4. The normalized spacial score (nSPS) is 20.7. The fourth-order valence-electron chi connectivity index (χ4n) is 12.6. The van der Waals surface area contributed by atoms with E-state index in [2.05, 4.69) is 51.8 Å². The second-order valence-corrected chi connectivity index (χ2v) is 36.4. The average molecular weight is 1620 g/mol. The van der Waals surface area contributed by atoms with E-state index in [0.717, 1.165) is 82.2 Å². The van der Waals surface area contributed by atoms with Crippen LogP contribution in [0.15, 0.2) is 215 Å². The first-order chi connectivity index (χ1) is 52.0. The summed E-state index contributed by atoms with van der Waals surface area (Å²) in [7, 11) is -15.5. The number of ketones is 1. The molecular formula is C80H82N8O13S8. The number of unbranched alkanes of at least 4 members (excludes halogenated alkanes) is 5. The first kappa shape index (κ1) is 85.3. The van der Waals surface area contributed by atoms with Crippen molar-refractivity contribution >= 4 is 136 Å². The van der Waals surface area contributed by atoms with Crippen LogP contribution in [0, 0.1) is 96.7 Å². The van der Waals surface area contributed by atoms with Gasteiger partial charge in [-0.25, -0.2) is 0 Å². The summed E-state index contributed by atoms with van der Waals surface area (Å²) in [6.07, 6.45) is 15.2. The monoisotopic (exact) mass is 1620 g/mol. The molecule has 5 aromatic rings. The Hall–Kier alpha value is -9.27. The van der Waals surface area contributed by atoms with Gasteiger partial charge in [-0.15, -0.1) is 0 Å². The van der Waals surface area contributed by atoms with E-state index in [-0.39, 0.29) is 39.3 Å². The molecule has 4 aliphatic heterocycles. The summed E-state index contributed by atoms with van der Waals surface area (Å²) >= 11 is 4.87. The summed E-state index contributed by atoms with van der Waals surface area (Å²) < 4.78 is 117. The molecule has 11 rings (SSSR count). The SMILES string of the molecule is CCCCCCCCS(=O)(=O)O/N=C1\SC=C\C1=C(\C#N)c1ccccc1C.CCCS(=O)(=O)O/N=C1\SC=C\C1=C(\C#N)c1ccccc1C.Cc1ccc(S(=O)(=O)O/N=C2\SC=C\C2=C(\C#N)c2ccccc2C)cc1.Cc1ccccc1/C(C#N)=C1\C=CS\C1=N/OS(=O)(=O)CC12CCC(CC1=O)C2(C)C. The van der Waals surface area contributed by atoms with E-state index in [1.807, 2.05) is 146 Å². The van der Waals surface area contributed by atoms with E-state index in [1.165, 1.54) is 65.6 Å². The van der Waals surface area contributed by atoms with Gasteiger partial charge in [-0.05, 0) is 174 Å². The highest BCUT2D eigenvalue weighted by atomic mass is 32.2. The van der Waals surface area contributed by atoms with Gasteiger partial charge in [0.1, 0.15) is 60.9 Å². The van der Waals surface area contributed by atoms with Crippen molar-refractivity contribution in [3.8, 4) is 24.3 Å². The topological polar surface area (TPSA) is 335 Å². The maximum absolute atomic E-state index is 12.8. The van der Waals surface area contributed by atoms with Crippen molar-refractivity contribution in [1.29, 1.82) is 21.0 Å². The third kappa shape index (κ3) is 22.0. The van der Waals surface area contributed by atoms with Crippen LogP contribution in [0.4, 0.5) is 0 Å². The molecule has 2 fully saturated rings. The molecule has 0 aromatic heterocycles. The molecular weight excluding hydrogens is 1540 g/mol. The van der Waals surface area contributed by atoms with Crippen molar-refractivity contribution in [1.82, 2.24) is 0 Å². The Morgan fingerprint density at radius 1 is 0.450 bits per heavy atom. The van der Waals surface area contributed by atoms with Gasteiger partial charge in [0.05, 0.1) is 39.2 Å². The van der Waals surface area contributed by atoms with Crippen LogP contribution in [-0.4, -0.2) is 76.9 Å². The van der Waals surface area contributed by atoms with Gasteiger partial charge in [-0.2, -0.15) is 54.7 Å². The lowest BCUT2D eigenvalue weighted by Crippen LogP contribution is -2.42. The highest BCUT2D eigenvalue weighted by molar-refractivity contribution is 8.18. The molecule has 5 aromatic carbocycles. The number of hydrogen-bond donors (Lipinski definition) is 0. The predicted molar refractivity (Wildman–Crippen MR) is 438 cm³/mol. The van der Waals surface area contributed by atoms with Crippen LogP contribution in [0.25, 0.3) is 22.3 Å². The molecule has 0 radical (unpaired) electrons. The Morgan fingerprint density at radius 3 is 1.12 bits per heavy atom. The van der Waals surface area contributed by atoms with Crippen molar-refractivity contribution in [3.63, 3.8) is 0 Å². The minimum absolute atomic E-state index is 0.0115. The summed E-state index contributed by atoms with van der Waals surface area (Å²) in [5.41, 5.74) is 10.5. The number of carbonyl (C=O) groups is 1. The molecule has 0 saturated heterocycles. The molecule has 2 bridgehead atoms. The standard InChI is InChI=1S/C23H24N2O4S2.C21H26N2O3S2.C20H16N2O3S2.C16H16N2O3S2/c1-15-6-4-5-7-17(15)19(13-24)18-9-11-30-21(18)25-29-31(27,28)14-23-10-8-16(12-20(23)26)22(23,2)3;1-3-4-5-6-7-10-15-28(24,25)26-23-21-19(13-14-27-21)20(16-22)18-12-9-8-11-17(18)2;1-14-7-9-16(10-8-14)27(23,24)25-22-20-18(11-12-26-20)19(13-21)17-6-4-3-5-15(17)2;1-3-10-23(19,20)21-18-16-14(8-9-22-16)15(11-17)13-7-5-4-6-12(13)2/h4-7,9,11,16H,8,10,12,14H2,1-3H3;8-9,11-14H,3-7,10,15H2,1-2H3;3-12H,1-2H3;4-9H,3,10H2,1-2H3/b19-18+,25-21-;20-19+,23-21-;19-18+,22-20-;15-14+,18-16-. The molecule has 4 heterocycles. The number of allylic oxidation sites excluding steroid dienone is 8. The lowest BCUT2D eigenvalue weighted by molar-refractivity contribution is -0.128. The van der Waals surface area contributed by atoms with Gasteiger partial charge in [0.25, 0.3) is 0 Å². The lowest BCUT2D eigenvalue weighted by atomic mass is 9.70. The van der Waals surface area contributed by atoms with Crippen molar-refractivity contribution in [2.45, 2.75) is 131 Å². The number of Topliss-reactive ketones (excluding diaryl/α,β-unsaturated/α-hetero) is 1. The maximum atomic E-state index is 12.8. The Bertz CT molecular complexity index is 5350. The van der Waals surface area contributed by atoms with Gasteiger partial charge < -0.3 is 0 Å². The molecule has 568 valence electrons. The average Bonchev–Trinajstić information content (AvgIpc) is 1.55. The number of nitriles is 4. The maximum Gasteiger partial charge on any atom is 0.358 e.